The molecule has 0 N–H and O–H groups in total. The SMILES string of the molecule is C=C(COCC(F)(F)S(=O)(=O)[O-])C(=O)OC1C2CC3C(=O)OC1C3C2. The lowest BCUT2D eigenvalue weighted by Crippen LogP contribution is -2.37. The summed E-state index contributed by atoms with van der Waals surface area (Å²) in [7, 11) is -5.86. The van der Waals surface area contributed by atoms with E-state index in [0.717, 1.165) is 6.42 Å². The van der Waals surface area contributed by atoms with Gasteiger partial charge in [0.15, 0.2) is 10.1 Å². The topological polar surface area (TPSA) is 119 Å². The summed E-state index contributed by atoms with van der Waals surface area (Å²) in [6.45, 7) is 0.919. The van der Waals surface area contributed by atoms with Crippen LogP contribution in [0.2, 0.25) is 0 Å². The lowest BCUT2D eigenvalue weighted by atomic mass is 9.88. The summed E-state index contributed by atoms with van der Waals surface area (Å²) in [4.78, 5) is 23.6. The molecule has 8 nitrogen and oxygen atoms in total. The Morgan fingerprint density at radius 1 is 1.40 bits per heavy atom. The first-order valence-corrected chi connectivity index (χ1v) is 8.92. The first kappa shape index (κ1) is 18.2. The number of carbonyl (C=O) groups excluding carboxylic acids is 2. The Kier molecular flexibility index (Phi) is 4.36. The second kappa shape index (κ2) is 5.99. The average Bonchev–Trinajstić information content (AvgIpc) is 3.10. The van der Waals surface area contributed by atoms with Crippen molar-refractivity contribution in [3.05, 3.63) is 12.2 Å². The Morgan fingerprint density at radius 2 is 2.08 bits per heavy atom. The molecule has 0 spiro atoms. The molecule has 1 heterocycles. The molecule has 0 radical (unpaired) electrons. The zero-order valence-corrected chi connectivity index (χ0v) is 13.7. The molecule has 0 aromatic rings. The molecular weight excluding hydrogens is 366 g/mol. The first-order chi connectivity index (χ1) is 11.5. The average molecular weight is 381 g/mol. The van der Waals surface area contributed by atoms with Crippen molar-refractivity contribution in [2.75, 3.05) is 13.2 Å². The molecule has 11 heteroatoms. The number of hydrogen-bond acceptors (Lipinski definition) is 8. The zero-order valence-electron chi connectivity index (χ0n) is 12.9. The first-order valence-electron chi connectivity index (χ1n) is 7.51. The maximum absolute atomic E-state index is 12.9. The van der Waals surface area contributed by atoms with Crippen LogP contribution in [0, 0.1) is 17.8 Å². The van der Waals surface area contributed by atoms with E-state index in [1.165, 1.54) is 0 Å². The Labute approximate surface area is 141 Å². The van der Waals surface area contributed by atoms with Crippen LogP contribution in [0.5, 0.6) is 0 Å². The molecule has 3 rings (SSSR count). The summed E-state index contributed by atoms with van der Waals surface area (Å²) < 4.78 is 71.7. The van der Waals surface area contributed by atoms with Gasteiger partial charge in [0.2, 0.25) is 0 Å². The quantitative estimate of drug-likeness (QED) is 0.348. The van der Waals surface area contributed by atoms with Gasteiger partial charge in [-0.1, -0.05) is 6.58 Å². The molecule has 25 heavy (non-hydrogen) atoms. The molecule has 5 unspecified atom stereocenters. The Morgan fingerprint density at radius 3 is 2.72 bits per heavy atom. The number of rotatable bonds is 7. The standard InChI is InChI=1S/C14H16F2O8S/c1-6(4-22-5-14(15,16)25(19,20)21)12(17)23-10-7-2-8-9(3-7)13(18)24-11(8)10/h7-11H,1-5H2,(H,19,20,21)/p-1. The summed E-state index contributed by atoms with van der Waals surface area (Å²) in [6.07, 6.45) is 0.189. The molecule has 140 valence electrons. The molecule has 0 aromatic heterocycles. The van der Waals surface area contributed by atoms with Crippen molar-refractivity contribution in [1.29, 1.82) is 0 Å². The van der Waals surface area contributed by atoms with Crippen molar-refractivity contribution in [3.63, 3.8) is 0 Å². The van der Waals surface area contributed by atoms with Crippen LogP contribution in [-0.2, 0) is 33.9 Å². The molecular formula is C14H15F2O8S-. The fourth-order valence-corrected chi connectivity index (χ4v) is 3.92. The second-order valence-electron chi connectivity index (χ2n) is 6.46. The van der Waals surface area contributed by atoms with Gasteiger partial charge in [0.05, 0.1) is 18.1 Å². The number of fused-ring (bicyclic) bond motifs is 1. The van der Waals surface area contributed by atoms with Gasteiger partial charge in [-0.25, -0.2) is 13.2 Å². The molecule has 0 amide bonds. The maximum Gasteiger partial charge on any atom is 0.357 e. The van der Waals surface area contributed by atoms with Crippen LogP contribution >= 0.6 is 0 Å². The van der Waals surface area contributed by atoms with E-state index in [2.05, 4.69) is 11.3 Å². The van der Waals surface area contributed by atoms with Crippen molar-refractivity contribution in [3.8, 4) is 0 Å². The highest BCUT2D eigenvalue weighted by Crippen LogP contribution is 2.55. The number of carbonyl (C=O) groups is 2. The van der Waals surface area contributed by atoms with Crippen LogP contribution < -0.4 is 0 Å². The summed E-state index contributed by atoms with van der Waals surface area (Å²) in [5, 5.41) is -4.60. The van der Waals surface area contributed by atoms with Crippen LogP contribution in [0.15, 0.2) is 12.2 Å². The van der Waals surface area contributed by atoms with Crippen molar-refractivity contribution in [2.45, 2.75) is 30.3 Å². The predicted octanol–water partition coefficient (Wildman–Crippen LogP) is 0.190. The molecule has 3 fully saturated rings. The fraction of sp³-hybridized carbons (Fsp3) is 0.714. The largest absolute Gasteiger partial charge is 0.743 e. The van der Waals surface area contributed by atoms with E-state index in [1.54, 1.807) is 0 Å². The van der Waals surface area contributed by atoms with E-state index in [-0.39, 0.29) is 29.3 Å². The van der Waals surface area contributed by atoms with Crippen LogP contribution in [0.4, 0.5) is 8.78 Å². The molecule has 2 bridgehead atoms. The fourth-order valence-electron chi connectivity index (χ4n) is 3.70. The lowest BCUT2D eigenvalue weighted by Gasteiger charge is -2.25. The lowest BCUT2D eigenvalue weighted by molar-refractivity contribution is -0.158. The van der Waals surface area contributed by atoms with E-state index in [1.807, 2.05) is 0 Å². The number of hydrogen-bond donors (Lipinski definition) is 0. The molecule has 2 aliphatic carbocycles. The smallest absolute Gasteiger partial charge is 0.357 e. The van der Waals surface area contributed by atoms with Gasteiger partial charge in [-0.05, 0) is 12.8 Å². The van der Waals surface area contributed by atoms with Crippen molar-refractivity contribution < 1.29 is 45.6 Å². The number of ether oxygens (including phenoxy) is 3. The molecule has 0 aromatic carbocycles. The predicted molar refractivity (Wildman–Crippen MR) is 74.1 cm³/mol. The van der Waals surface area contributed by atoms with E-state index in [0.29, 0.717) is 6.42 Å². The molecule has 3 aliphatic rings. The number of esters is 2. The molecule has 2 saturated carbocycles. The third kappa shape index (κ3) is 3.15. The summed E-state index contributed by atoms with van der Waals surface area (Å²) in [6, 6.07) is 0. The van der Waals surface area contributed by atoms with E-state index in [9.17, 15) is 31.3 Å². The minimum atomic E-state index is -5.86. The van der Waals surface area contributed by atoms with E-state index < -0.39 is 46.8 Å². The van der Waals surface area contributed by atoms with Gasteiger partial charge >= 0.3 is 17.2 Å². The van der Waals surface area contributed by atoms with Crippen LogP contribution in [0.1, 0.15) is 12.8 Å². The van der Waals surface area contributed by atoms with Crippen molar-refractivity contribution >= 4 is 22.1 Å². The normalized spacial score (nSPS) is 33.4. The third-order valence-electron chi connectivity index (χ3n) is 4.86. The summed E-state index contributed by atoms with van der Waals surface area (Å²) in [5.74, 6) is -1.32. The number of halogens is 2. The summed E-state index contributed by atoms with van der Waals surface area (Å²) >= 11 is 0. The van der Waals surface area contributed by atoms with Gasteiger partial charge in [0.1, 0.15) is 18.8 Å². The molecule has 1 saturated heterocycles. The van der Waals surface area contributed by atoms with Crippen molar-refractivity contribution in [1.82, 2.24) is 0 Å². The highest BCUT2D eigenvalue weighted by molar-refractivity contribution is 7.86. The summed E-state index contributed by atoms with van der Waals surface area (Å²) in [5.41, 5.74) is -0.317. The zero-order chi connectivity index (χ0) is 18.6. The van der Waals surface area contributed by atoms with Gasteiger partial charge in [-0.15, -0.1) is 0 Å². The second-order valence-corrected chi connectivity index (χ2v) is 7.97. The highest BCUT2D eigenvalue weighted by Gasteiger charge is 2.63. The van der Waals surface area contributed by atoms with Gasteiger partial charge in [-0.2, -0.15) is 8.78 Å². The van der Waals surface area contributed by atoms with E-state index in [4.69, 9.17) is 9.47 Å². The van der Waals surface area contributed by atoms with Crippen LogP contribution in [0.3, 0.4) is 0 Å². The molecule has 1 aliphatic heterocycles. The van der Waals surface area contributed by atoms with Gasteiger partial charge in [-0.3, -0.25) is 4.79 Å². The Balaban J connectivity index is 1.49. The van der Waals surface area contributed by atoms with E-state index >= 15 is 0 Å². The van der Waals surface area contributed by atoms with Crippen LogP contribution in [-0.4, -0.2) is 55.6 Å². The monoisotopic (exact) mass is 381 g/mol. The number of alkyl halides is 2. The maximum atomic E-state index is 12.9. The molecule has 5 atom stereocenters. The Bertz CT molecular complexity index is 718. The van der Waals surface area contributed by atoms with Gasteiger partial charge in [0, 0.05) is 11.8 Å². The Hall–Kier alpha value is -1.59. The van der Waals surface area contributed by atoms with Gasteiger partial charge in [0.25, 0.3) is 0 Å². The van der Waals surface area contributed by atoms with Crippen molar-refractivity contribution in [2.24, 2.45) is 17.8 Å². The minimum absolute atomic E-state index is 0.000872. The minimum Gasteiger partial charge on any atom is -0.743 e. The highest BCUT2D eigenvalue weighted by atomic mass is 32.2. The van der Waals surface area contributed by atoms with Crippen LogP contribution in [0.25, 0.3) is 0 Å². The third-order valence-corrected chi connectivity index (χ3v) is 5.71. The van der Waals surface area contributed by atoms with Gasteiger partial charge < -0.3 is 18.8 Å².